The van der Waals surface area contributed by atoms with Crippen LogP contribution in [0.2, 0.25) is 0 Å². The van der Waals surface area contributed by atoms with E-state index in [2.05, 4.69) is 28.1 Å². The van der Waals surface area contributed by atoms with Gasteiger partial charge in [-0.3, -0.25) is 9.59 Å². The number of halogens is 1. The zero-order chi connectivity index (χ0) is 17.1. The van der Waals surface area contributed by atoms with E-state index in [-0.39, 0.29) is 11.8 Å². The van der Waals surface area contributed by atoms with E-state index >= 15 is 0 Å². The second-order valence-electron chi connectivity index (χ2n) is 6.31. The molecule has 3 nitrogen and oxygen atoms in total. The van der Waals surface area contributed by atoms with Crippen molar-refractivity contribution < 1.29 is 9.59 Å². The lowest BCUT2D eigenvalue weighted by atomic mass is 10.1. The van der Waals surface area contributed by atoms with Gasteiger partial charge in [-0.1, -0.05) is 40.2 Å². The number of rotatable bonds is 1. The highest BCUT2D eigenvalue weighted by Gasteiger charge is 2.36. The van der Waals surface area contributed by atoms with E-state index in [0.717, 1.165) is 16.5 Å². The van der Waals surface area contributed by atoms with Crippen molar-refractivity contribution in [2.75, 3.05) is 4.90 Å². The number of hydrogen-bond acceptors (Lipinski definition) is 2. The summed E-state index contributed by atoms with van der Waals surface area (Å²) in [4.78, 5) is 26.6. The Morgan fingerprint density at radius 3 is 2.00 bits per heavy atom. The number of amides is 2. The van der Waals surface area contributed by atoms with Gasteiger partial charge in [0.2, 0.25) is 0 Å². The molecule has 1 aliphatic heterocycles. The van der Waals surface area contributed by atoms with Crippen molar-refractivity contribution in [3.63, 3.8) is 0 Å². The molecule has 25 heavy (non-hydrogen) atoms. The highest BCUT2D eigenvalue weighted by Crippen LogP contribution is 2.40. The van der Waals surface area contributed by atoms with Crippen LogP contribution in [-0.4, -0.2) is 11.8 Å². The van der Waals surface area contributed by atoms with Gasteiger partial charge in [0, 0.05) is 4.47 Å². The van der Waals surface area contributed by atoms with E-state index in [9.17, 15) is 9.59 Å². The molecule has 0 radical (unpaired) electrons. The molecule has 0 saturated carbocycles. The van der Waals surface area contributed by atoms with E-state index in [1.165, 1.54) is 21.6 Å². The van der Waals surface area contributed by atoms with Crippen molar-refractivity contribution in [2.24, 2.45) is 0 Å². The molecule has 0 saturated heterocycles. The van der Waals surface area contributed by atoms with Gasteiger partial charge in [-0.15, -0.1) is 0 Å². The van der Waals surface area contributed by atoms with E-state index in [1.807, 2.05) is 24.3 Å². The molecule has 4 heteroatoms. The summed E-state index contributed by atoms with van der Waals surface area (Å²) in [5.74, 6) is -0.502. The van der Waals surface area contributed by atoms with Gasteiger partial charge in [-0.2, -0.15) is 0 Å². The van der Waals surface area contributed by atoms with Gasteiger partial charge in [0.1, 0.15) is 0 Å². The number of nitrogens with zero attached hydrogens (tertiary/aromatic N) is 1. The molecule has 3 aromatic carbocycles. The fourth-order valence-corrected chi connectivity index (χ4v) is 4.14. The fourth-order valence-electron chi connectivity index (χ4n) is 3.73. The van der Waals surface area contributed by atoms with Gasteiger partial charge in [0.05, 0.1) is 16.8 Å². The van der Waals surface area contributed by atoms with Crippen LogP contribution in [0.25, 0.3) is 11.1 Å². The standard InChI is InChI=1S/C21H12BrNO2/c22-14-5-7-16-12(10-14)9-13-11-15(6-8-17(13)16)23-20(24)18-3-1-2-4-19(18)21(23)25/h1-8,10-11H,9H2. The lowest BCUT2D eigenvalue weighted by molar-refractivity contribution is 0.0926. The number of imide groups is 1. The predicted octanol–water partition coefficient (Wildman–Crippen LogP) is 4.82. The van der Waals surface area contributed by atoms with Crippen LogP contribution in [0.4, 0.5) is 5.69 Å². The quantitative estimate of drug-likeness (QED) is 0.437. The minimum atomic E-state index is -0.251. The van der Waals surface area contributed by atoms with Gasteiger partial charge in [-0.25, -0.2) is 4.90 Å². The molecule has 120 valence electrons. The van der Waals surface area contributed by atoms with E-state index in [1.54, 1.807) is 24.3 Å². The molecule has 3 aromatic rings. The zero-order valence-corrected chi connectivity index (χ0v) is 14.7. The molecule has 2 aliphatic rings. The minimum absolute atomic E-state index is 0.251. The Balaban J connectivity index is 1.58. The van der Waals surface area contributed by atoms with E-state index < -0.39 is 0 Å². The first-order chi connectivity index (χ1) is 12.1. The normalized spacial score (nSPS) is 14.5. The van der Waals surface area contributed by atoms with E-state index in [4.69, 9.17) is 0 Å². The van der Waals surface area contributed by atoms with Gasteiger partial charge < -0.3 is 0 Å². The highest BCUT2D eigenvalue weighted by atomic mass is 79.9. The third-order valence-corrected chi connectivity index (χ3v) is 5.37. The first-order valence-corrected chi connectivity index (χ1v) is 8.82. The van der Waals surface area contributed by atoms with Crippen molar-refractivity contribution >= 4 is 33.4 Å². The largest absolute Gasteiger partial charge is 0.268 e. The van der Waals surface area contributed by atoms with Crippen LogP contribution in [0, 0.1) is 0 Å². The van der Waals surface area contributed by atoms with Crippen LogP contribution in [0.3, 0.4) is 0 Å². The zero-order valence-electron chi connectivity index (χ0n) is 13.1. The SMILES string of the molecule is O=C1c2ccccc2C(=O)N1c1ccc2c(c1)Cc1cc(Br)ccc1-2. The second-order valence-corrected chi connectivity index (χ2v) is 7.23. The Morgan fingerprint density at radius 2 is 1.32 bits per heavy atom. The van der Waals surface area contributed by atoms with Crippen LogP contribution in [0.1, 0.15) is 31.8 Å². The van der Waals surface area contributed by atoms with Crippen molar-refractivity contribution in [1.29, 1.82) is 0 Å². The average Bonchev–Trinajstić information content (AvgIpc) is 3.09. The Kier molecular flexibility index (Phi) is 3.00. The molecule has 0 N–H and O–H groups in total. The first-order valence-electron chi connectivity index (χ1n) is 8.03. The number of anilines is 1. The molecular weight excluding hydrogens is 378 g/mol. The number of carbonyl (C=O) groups is 2. The van der Waals surface area contributed by atoms with Crippen LogP contribution in [0.5, 0.6) is 0 Å². The fraction of sp³-hybridized carbons (Fsp3) is 0.0476. The van der Waals surface area contributed by atoms with Crippen molar-refractivity contribution in [2.45, 2.75) is 6.42 Å². The maximum Gasteiger partial charge on any atom is 0.266 e. The maximum atomic E-state index is 12.7. The summed E-state index contributed by atoms with van der Waals surface area (Å²) < 4.78 is 1.06. The molecule has 0 fully saturated rings. The number of fused-ring (bicyclic) bond motifs is 4. The first kappa shape index (κ1) is 14.6. The van der Waals surface area contributed by atoms with Crippen LogP contribution in [-0.2, 0) is 6.42 Å². The summed E-state index contributed by atoms with van der Waals surface area (Å²) in [5.41, 5.74) is 6.36. The molecule has 0 bridgehead atoms. The molecule has 2 amide bonds. The van der Waals surface area contributed by atoms with Crippen molar-refractivity contribution in [1.82, 2.24) is 0 Å². The van der Waals surface area contributed by atoms with Gasteiger partial charge >= 0.3 is 0 Å². The monoisotopic (exact) mass is 389 g/mol. The average molecular weight is 390 g/mol. The number of benzene rings is 3. The third kappa shape index (κ3) is 2.04. The summed E-state index contributed by atoms with van der Waals surface area (Å²) in [6.07, 6.45) is 0.807. The summed E-state index contributed by atoms with van der Waals surface area (Å²) in [7, 11) is 0. The third-order valence-electron chi connectivity index (χ3n) is 4.88. The Hall–Kier alpha value is -2.72. The maximum absolute atomic E-state index is 12.7. The molecule has 0 spiro atoms. The Bertz CT molecular complexity index is 1050. The van der Waals surface area contributed by atoms with Gasteiger partial charge in [0.15, 0.2) is 0 Å². The summed E-state index contributed by atoms with van der Waals surface area (Å²) in [6.45, 7) is 0. The molecule has 5 rings (SSSR count). The molecule has 0 aromatic heterocycles. The molecular formula is C21H12BrNO2. The summed E-state index contributed by atoms with van der Waals surface area (Å²) >= 11 is 3.51. The predicted molar refractivity (Wildman–Crippen MR) is 100.0 cm³/mol. The van der Waals surface area contributed by atoms with Crippen molar-refractivity contribution in [3.05, 3.63) is 87.4 Å². The second kappa shape index (κ2) is 5.14. The summed E-state index contributed by atoms with van der Waals surface area (Å²) in [6, 6.07) is 19.1. The van der Waals surface area contributed by atoms with Crippen LogP contribution < -0.4 is 4.90 Å². The van der Waals surface area contributed by atoms with Crippen LogP contribution in [0.15, 0.2) is 65.1 Å². The Labute approximate surface area is 153 Å². The molecule has 1 aliphatic carbocycles. The van der Waals surface area contributed by atoms with E-state index in [0.29, 0.717) is 16.8 Å². The smallest absolute Gasteiger partial charge is 0.266 e. The van der Waals surface area contributed by atoms with Crippen LogP contribution >= 0.6 is 15.9 Å². The molecule has 0 unspecified atom stereocenters. The molecule has 1 heterocycles. The molecule has 0 atom stereocenters. The topological polar surface area (TPSA) is 37.4 Å². The van der Waals surface area contributed by atoms with Gasteiger partial charge in [-0.05, 0) is 65.1 Å². The number of carbonyl (C=O) groups excluding carboxylic acids is 2. The number of hydrogen-bond donors (Lipinski definition) is 0. The Morgan fingerprint density at radius 1 is 0.720 bits per heavy atom. The van der Waals surface area contributed by atoms with Crippen molar-refractivity contribution in [3.8, 4) is 11.1 Å². The minimum Gasteiger partial charge on any atom is -0.268 e. The lowest BCUT2D eigenvalue weighted by Crippen LogP contribution is -2.29. The van der Waals surface area contributed by atoms with Gasteiger partial charge in [0.25, 0.3) is 11.8 Å². The lowest BCUT2D eigenvalue weighted by Gasteiger charge is -2.15. The highest BCUT2D eigenvalue weighted by molar-refractivity contribution is 9.10. The summed E-state index contributed by atoms with van der Waals surface area (Å²) in [5, 5.41) is 0.